The highest BCUT2D eigenvalue weighted by atomic mass is 19.1. The van der Waals surface area contributed by atoms with Gasteiger partial charge in [-0.05, 0) is 37.0 Å². The molecule has 2 aromatic carbocycles. The highest BCUT2D eigenvalue weighted by molar-refractivity contribution is 6.19. The second-order valence-corrected chi connectivity index (χ2v) is 8.15. The second-order valence-electron chi connectivity index (χ2n) is 8.15. The van der Waals surface area contributed by atoms with E-state index in [-0.39, 0.29) is 23.4 Å². The molecule has 0 bridgehead atoms. The summed E-state index contributed by atoms with van der Waals surface area (Å²) in [6.07, 6.45) is 3.28. The van der Waals surface area contributed by atoms with Crippen LogP contribution in [-0.2, 0) is 4.79 Å². The molecule has 30 heavy (non-hydrogen) atoms. The van der Waals surface area contributed by atoms with Gasteiger partial charge in [-0.25, -0.2) is 4.39 Å². The van der Waals surface area contributed by atoms with E-state index < -0.39 is 11.7 Å². The minimum atomic E-state index is -0.671. The number of nitrogens with zero attached hydrogens (tertiary/aromatic N) is 2. The number of likely N-dealkylation sites (tertiary alicyclic amines) is 1. The number of hydrogen-bond donors (Lipinski definition) is 2. The predicted molar refractivity (Wildman–Crippen MR) is 115 cm³/mol. The molecule has 1 aromatic heterocycles. The summed E-state index contributed by atoms with van der Waals surface area (Å²) in [7, 11) is 0. The third-order valence-electron chi connectivity index (χ3n) is 6.53. The van der Waals surface area contributed by atoms with E-state index in [1.54, 1.807) is 0 Å². The quantitative estimate of drug-likeness (QED) is 0.656. The Morgan fingerprint density at radius 3 is 2.83 bits per heavy atom. The van der Waals surface area contributed by atoms with Gasteiger partial charge in [0.2, 0.25) is 5.91 Å². The van der Waals surface area contributed by atoms with Crippen LogP contribution < -0.4 is 10.6 Å². The lowest BCUT2D eigenvalue weighted by atomic mass is 9.92. The fourth-order valence-electron chi connectivity index (χ4n) is 5.23. The van der Waals surface area contributed by atoms with Gasteiger partial charge < -0.3 is 20.5 Å². The maximum Gasteiger partial charge on any atom is 0.250 e. The van der Waals surface area contributed by atoms with Crippen molar-refractivity contribution in [3.63, 3.8) is 0 Å². The molecule has 3 N–H and O–H groups in total. The molecule has 3 heterocycles. The first-order valence-corrected chi connectivity index (χ1v) is 10.2. The Kier molecular flexibility index (Phi) is 4.27. The van der Waals surface area contributed by atoms with Crippen LogP contribution in [0.25, 0.3) is 21.8 Å². The summed E-state index contributed by atoms with van der Waals surface area (Å²) < 4.78 is 15.4. The molecule has 2 saturated heterocycles. The number of benzene rings is 2. The number of piperidine rings is 1. The Morgan fingerprint density at radius 1 is 1.27 bits per heavy atom. The molecule has 7 heteroatoms. The monoisotopic (exact) mass is 406 g/mol. The summed E-state index contributed by atoms with van der Waals surface area (Å²) in [4.78, 5) is 31.5. The fraction of sp³-hybridized carbons (Fsp3) is 0.304. The van der Waals surface area contributed by atoms with Crippen molar-refractivity contribution in [3.8, 4) is 0 Å². The van der Waals surface area contributed by atoms with E-state index in [2.05, 4.69) is 11.6 Å². The van der Waals surface area contributed by atoms with Crippen molar-refractivity contribution >= 4 is 39.3 Å². The Balaban J connectivity index is 1.67. The minimum absolute atomic E-state index is 0.0275. The van der Waals surface area contributed by atoms with E-state index in [0.717, 1.165) is 23.7 Å². The van der Waals surface area contributed by atoms with Gasteiger partial charge in [-0.3, -0.25) is 9.59 Å². The molecule has 0 radical (unpaired) electrons. The average molecular weight is 406 g/mol. The van der Waals surface area contributed by atoms with Gasteiger partial charge in [0.15, 0.2) is 0 Å². The van der Waals surface area contributed by atoms with Gasteiger partial charge in [-0.1, -0.05) is 24.8 Å². The lowest BCUT2D eigenvalue weighted by Gasteiger charge is -2.36. The van der Waals surface area contributed by atoms with Crippen molar-refractivity contribution in [2.24, 2.45) is 11.7 Å². The summed E-state index contributed by atoms with van der Waals surface area (Å²) in [5, 5.41) is 1.51. The van der Waals surface area contributed by atoms with Crippen LogP contribution in [0.15, 0.2) is 43.0 Å². The number of nitrogens with two attached hydrogens (primary N) is 1. The van der Waals surface area contributed by atoms with Crippen molar-refractivity contribution in [3.05, 3.63) is 54.4 Å². The number of primary amides is 1. The molecule has 2 amide bonds. The summed E-state index contributed by atoms with van der Waals surface area (Å²) in [6, 6.07) is 8.85. The van der Waals surface area contributed by atoms with Gasteiger partial charge in [0.1, 0.15) is 5.82 Å². The standard InChI is InChI=1S/C23H23FN4O2/c1-2-19(29)28-9-5-6-13-11-27(12-18(13)28)22-16(24)10-15(23(25)30)21-20(22)14-7-3-4-8-17(14)26-21/h2-4,7-8,10,13,18,26H,1,5-6,9,11-12H2,(H2,25,30)/t13-,18+/m1/s1. The number of para-hydroxylation sites is 1. The molecule has 0 spiro atoms. The number of H-pyrrole nitrogens is 1. The largest absolute Gasteiger partial charge is 0.366 e. The van der Waals surface area contributed by atoms with E-state index >= 15 is 4.39 Å². The highest BCUT2D eigenvalue weighted by Gasteiger charge is 2.41. The molecule has 3 aromatic rings. The van der Waals surface area contributed by atoms with Crippen LogP contribution >= 0.6 is 0 Å². The predicted octanol–water partition coefficient (Wildman–Crippen LogP) is 3.17. The minimum Gasteiger partial charge on any atom is -0.366 e. The highest BCUT2D eigenvalue weighted by Crippen LogP contribution is 2.41. The molecule has 5 rings (SSSR count). The van der Waals surface area contributed by atoms with Gasteiger partial charge in [-0.2, -0.15) is 0 Å². The van der Waals surface area contributed by atoms with Gasteiger partial charge in [0.05, 0.1) is 22.8 Å². The molecule has 2 fully saturated rings. The molecule has 0 saturated carbocycles. The fourth-order valence-corrected chi connectivity index (χ4v) is 5.23. The Hall–Kier alpha value is -3.35. The first-order chi connectivity index (χ1) is 14.5. The van der Waals surface area contributed by atoms with Gasteiger partial charge >= 0.3 is 0 Å². The number of hydrogen-bond acceptors (Lipinski definition) is 3. The number of amides is 2. The number of rotatable bonds is 3. The van der Waals surface area contributed by atoms with Crippen molar-refractivity contribution in [2.75, 3.05) is 24.5 Å². The molecular weight excluding hydrogens is 383 g/mol. The van der Waals surface area contributed by atoms with Crippen molar-refractivity contribution in [2.45, 2.75) is 18.9 Å². The van der Waals surface area contributed by atoms with Crippen LogP contribution in [0, 0.1) is 11.7 Å². The Morgan fingerprint density at radius 2 is 2.07 bits per heavy atom. The zero-order valence-corrected chi connectivity index (χ0v) is 16.5. The molecule has 2 aliphatic rings. The third kappa shape index (κ3) is 2.69. The number of carbonyl (C=O) groups is 2. The number of halogens is 1. The van der Waals surface area contributed by atoms with E-state index in [1.165, 1.54) is 12.1 Å². The Labute approximate surface area is 173 Å². The number of fused-ring (bicyclic) bond motifs is 4. The van der Waals surface area contributed by atoms with E-state index in [1.807, 2.05) is 34.1 Å². The summed E-state index contributed by atoms with van der Waals surface area (Å²) in [6.45, 7) is 5.53. The molecule has 0 unspecified atom stereocenters. The maximum absolute atomic E-state index is 15.4. The average Bonchev–Trinajstić information content (AvgIpc) is 3.34. The number of aromatic amines is 1. The maximum atomic E-state index is 15.4. The van der Waals surface area contributed by atoms with Crippen LogP contribution in [-0.4, -0.2) is 47.4 Å². The molecule has 2 aliphatic heterocycles. The lowest BCUT2D eigenvalue weighted by Crippen LogP contribution is -2.47. The van der Waals surface area contributed by atoms with Crippen molar-refractivity contribution in [1.82, 2.24) is 9.88 Å². The van der Waals surface area contributed by atoms with Crippen LogP contribution in [0.1, 0.15) is 23.2 Å². The van der Waals surface area contributed by atoms with Crippen LogP contribution in [0.5, 0.6) is 0 Å². The van der Waals surface area contributed by atoms with Crippen molar-refractivity contribution in [1.29, 1.82) is 0 Å². The van der Waals surface area contributed by atoms with Crippen LogP contribution in [0.2, 0.25) is 0 Å². The second kappa shape index (κ2) is 6.86. The topological polar surface area (TPSA) is 82.4 Å². The SMILES string of the molecule is C=CC(=O)N1CCC[C@@H]2CN(c3c(F)cc(C(N)=O)c4[nH]c5ccccc5c34)C[C@@H]21. The molecule has 6 nitrogen and oxygen atoms in total. The third-order valence-corrected chi connectivity index (χ3v) is 6.53. The smallest absolute Gasteiger partial charge is 0.250 e. The summed E-state index contributed by atoms with van der Waals surface area (Å²) in [5.74, 6) is -0.942. The molecular formula is C23H23FN4O2. The van der Waals surface area contributed by atoms with Crippen LogP contribution in [0.3, 0.4) is 0 Å². The van der Waals surface area contributed by atoms with Gasteiger partial charge in [-0.15, -0.1) is 0 Å². The first kappa shape index (κ1) is 18.7. The number of anilines is 1. The molecule has 0 aliphatic carbocycles. The van der Waals surface area contributed by atoms with E-state index in [0.29, 0.717) is 36.2 Å². The molecule has 2 atom stereocenters. The summed E-state index contributed by atoms with van der Waals surface area (Å²) >= 11 is 0. The zero-order chi connectivity index (χ0) is 21.0. The number of aromatic nitrogens is 1. The van der Waals surface area contributed by atoms with Crippen molar-refractivity contribution < 1.29 is 14.0 Å². The van der Waals surface area contributed by atoms with E-state index in [9.17, 15) is 9.59 Å². The number of nitrogens with one attached hydrogen (secondary N) is 1. The lowest BCUT2D eigenvalue weighted by molar-refractivity contribution is -0.130. The van der Waals surface area contributed by atoms with E-state index in [4.69, 9.17) is 5.73 Å². The first-order valence-electron chi connectivity index (χ1n) is 10.2. The zero-order valence-electron chi connectivity index (χ0n) is 16.5. The van der Waals surface area contributed by atoms with Gasteiger partial charge in [0, 0.05) is 35.9 Å². The van der Waals surface area contributed by atoms with Crippen LogP contribution in [0.4, 0.5) is 10.1 Å². The number of carbonyl (C=O) groups excluding carboxylic acids is 2. The Bertz CT molecular complexity index is 1200. The van der Waals surface area contributed by atoms with Gasteiger partial charge in [0.25, 0.3) is 5.91 Å². The summed E-state index contributed by atoms with van der Waals surface area (Å²) in [5.41, 5.74) is 7.52. The normalized spacial score (nSPS) is 21.2. The molecule has 154 valence electrons.